The molecule has 0 radical (unpaired) electrons. The Morgan fingerprint density at radius 3 is 2.36 bits per heavy atom. The second-order valence-electron chi connectivity index (χ2n) is 6.18. The summed E-state index contributed by atoms with van der Waals surface area (Å²) in [6.07, 6.45) is 0. The van der Waals surface area contributed by atoms with E-state index in [2.05, 4.69) is 5.32 Å². The molecule has 2 amide bonds. The lowest BCUT2D eigenvalue weighted by atomic mass is 10.0. The van der Waals surface area contributed by atoms with Gasteiger partial charge >= 0.3 is 0 Å². The van der Waals surface area contributed by atoms with E-state index in [1.807, 2.05) is 52.0 Å². The lowest BCUT2D eigenvalue weighted by molar-refractivity contribution is -0.124. The molecule has 0 spiro atoms. The maximum absolute atomic E-state index is 12.2. The predicted molar refractivity (Wildman–Crippen MR) is 88.2 cm³/mol. The van der Waals surface area contributed by atoms with E-state index in [0.717, 1.165) is 11.1 Å². The largest absolute Gasteiger partial charge is 0.369 e. The van der Waals surface area contributed by atoms with Gasteiger partial charge in [-0.05, 0) is 30.9 Å². The Kier molecular flexibility index (Phi) is 7.05. The maximum Gasteiger partial charge on any atom is 0.234 e. The molecule has 1 atom stereocenters. The van der Waals surface area contributed by atoms with Crippen molar-refractivity contribution in [1.82, 2.24) is 10.2 Å². The van der Waals surface area contributed by atoms with Gasteiger partial charge in [-0.3, -0.25) is 14.5 Å². The van der Waals surface area contributed by atoms with Crippen molar-refractivity contribution >= 4 is 11.8 Å². The first kappa shape index (κ1) is 18.2. The highest BCUT2D eigenvalue weighted by atomic mass is 16.2. The fourth-order valence-electron chi connectivity index (χ4n) is 2.56. The summed E-state index contributed by atoms with van der Waals surface area (Å²) in [4.78, 5) is 25.1. The number of amides is 2. The summed E-state index contributed by atoms with van der Waals surface area (Å²) >= 11 is 0. The highest BCUT2D eigenvalue weighted by Gasteiger charge is 2.17. The fourth-order valence-corrected chi connectivity index (χ4v) is 2.56. The Hall–Kier alpha value is -1.88. The zero-order valence-electron chi connectivity index (χ0n) is 13.9. The van der Waals surface area contributed by atoms with Crippen LogP contribution in [-0.2, 0) is 9.59 Å². The van der Waals surface area contributed by atoms with Crippen LogP contribution in [0.5, 0.6) is 0 Å². The quantitative estimate of drug-likeness (QED) is 0.766. The SMILES string of the molecule is Cc1ccccc1C(C)NC(=O)CN(CC(N)=O)CC(C)C. The van der Waals surface area contributed by atoms with Gasteiger partial charge in [0.25, 0.3) is 0 Å². The molecule has 5 heteroatoms. The number of primary amides is 1. The van der Waals surface area contributed by atoms with E-state index in [1.165, 1.54) is 0 Å². The van der Waals surface area contributed by atoms with Crippen molar-refractivity contribution < 1.29 is 9.59 Å². The summed E-state index contributed by atoms with van der Waals surface area (Å²) < 4.78 is 0. The molecule has 0 aromatic heterocycles. The number of hydrogen-bond donors (Lipinski definition) is 2. The van der Waals surface area contributed by atoms with E-state index in [0.29, 0.717) is 12.5 Å². The van der Waals surface area contributed by atoms with Crippen LogP contribution in [0.2, 0.25) is 0 Å². The molecule has 1 rings (SSSR count). The summed E-state index contributed by atoms with van der Waals surface area (Å²) in [5.41, 5.74) is 7.49. The van der Waals surface area contributed by atoms with Gasteiger partial charge < -0.3 is 11.1 Å². The van der Waals surface area contributed by atoms with Crippen LogP contribution in [0.25, 0.3) is 0 Å². The smallest absolute Gasteiger partial charge is 0.234 e. The number of nitrogens with one attached hydrogen (secondary N) is 1. The number of rotatable bonds is 8. The topological polar surface area (TPSA) is 75.4 Å². The maximum atomic E-state index is 12.2. The molecule has 0 fully saturated rings. The minimum Gasteiger partial charge on any atom is -0.369 e. The molecule has 1 aromatic carbocycles. The van der Waals surface area contributed by atoms with Crippen molar-refractivity contribution in [3.63, 3.8) is 0 Å². The van der Waals surface area contributed by atoms with E-state index in [-0.39, 0.29) is 25.0 Å². The van der Waals surface area contributed by atoms with Crippen molar-refractivity contribution in [2.24, 2.45) is 11.7 Å². The third-order valence-corrected chi connectivity index (χ3v) is 3.40. The first-order valence-electron chi connectivity index (χ1n) is 7.65. The Balaban J connectivity index is 2.62. The predicted octanol–water partition coefficient (Wildman–Crippen LogP) is 1.62. The summed E-state index contributed by atoms with van der Waals surface area (Å²) in [7, 11) is 0. The molecule has 0 saturated heterocycles. The Morgan fingerprint density at radius 1 is 1.18 bits per heavy atom. The molecule has 0 bridgehead atoms. The molecule has 0 aliphatic heterocycles. The van der Waals surface area contributed by atoms with Crippen molar-refractivity contribution in [3.8, 4) is 0 Å². The third kappa shape index (κ3) is 6.26. The van der Waals surface area contributed by atoms with Gasteiger partial charge in [0.05, 0.1) is 19.1 Å². The second-order valence-corrected chi connectivity index (χ2v) is 6.18. The summed E-state index contributed by atoms with van der Waals surface area (Å²) in [6.45, 7) is 9.01. The normalized spacial score (nSPS) is 12.5. The number of benzene rings is 1. The number of nitrogens with two attached hydrogens (primary N) is 1. The second kappa shape index (κ2) is 8.54. The van der Waals surface area contributed by atoms with Crippen LogP contribution in [0.15, 0.2) is 24.3 Å². The Morgan fingerprint density at radius 2 is 1.82 bits per heavy atom. The van der Waals surface area contributed by atoms with Gasteiger partial charge in [0, 0.05) is 6.54 Å². The van der Waals surface area contributed by atoms with Gasteiger partial charge in [0.15, 0.2) is 0 Å². The van der Waals surface area contributed by atoms with E-state index in [1.54, 1.807) is 4.90 Å². The molecule has 0 aliphatic carbocycles. The molecule has 3 N–H and O–H groups in total. The Bertz CT molecular complexity index is 514. The average molecular weight is 305 g/mol. The number of carbonyl (C=O) groups is 2. The zero-order valence-corrected chi connectivity index (χ0v) is 13.9. The standard InChI is InChI=1S/C17H27N3O2/c1-12(2)9-20(10-16(18)21)11-17(22)19-14(4)15-8-6-5-7-13(15)3/h5-8,12,14H,9-11H2,1-4H3,(H2,18,21)(H,19,22). The van der Waals surface area contributed by atoms with Crippen LogP contribution in [0, 0.1) is 12.8 Å². The van der Waals surface area contributed by atoms with Crippen molar-refractivity contribution in [1.29, 1.82) is 0 Å². The lowest BCUT2D eigenvalue weighted by Gasteiger charge is -2.23. The summed E-state index contributed by atoms with van der Waals surface area (Å²) in [6, 6.07) is 7.91. The monoisotopic (exact) mass is 305 g/mol. The van der Waals surface area contributed by atoms with E-state index in [9.17, 15) is 9.59 Å². The highest BCUT2D eigenvalue weighted by molar-refractivity contribution is 5.80. The number of nitrogens with zero attached hydrogens (tertiary/aromatic N) is 1. The van der Waals surface area contributed by atoms with E-state index < -0.39 is 5.91 Å². The summed E-state index contributed by atoms with van der Waals surface area (Å²) in [5, 5.41) is 2.98. The van der Waals surface area contributed by atoms with Crippen LogP contribution in [0.4, 0.5) is 0 Å². The first-order valence-corrected chi connectivity index (χ1v) is 7.65. The molecule has 122 valence electrons. The highest BCUT2D eigenvalue weighted by Crippen LogP contribution is 2.16. The fraction of sp³-hybridized carbons (Fsp3) is 0.529. The summed E-state index contributed by atoms with van der Waals surface area (Å²) in [5.74, 6) is -0.154. The Labute approximate surface area is 132 Å². The molecule has 22 heavy (non-hydrogen) atoms. The molecular formula is C17H27N3O2. The number of hydrogen-bond acceptors (Lipinski definition) is 3. The minimum absolute atomic E-state index is 0.0665. The molecule has 0 heterocycles. The number of aryl methyl sites for hydroxylation is 1. The van der Waals surface area contributed by atoms with Crippen molar-refractivity contribution in [2.75, 3.05) is 19.6 Å². The van der Waals surface area contributed by atoms with Crippen LogP contribution in [0.3, 0.4) is 0 Å². The average Bonchev–Trinajstić information content (AvgIpc) is 2.36. The molecule has 0 saturated carbocycles. The van der Waals surface area contributed by atoms with Crippen LogP contribution in [-0.4, -0.2) is 36.3 Å². The van der Waals surface area contributed by atoms with Gasteiger partial charge in [-0.15, -0.1) is 0 Å². The van der Waals surface area contributed by atoms with Gasteiger partial charge in [0.2, 0.25) is 11.8 Å². The van der Waals surface area contributed by atoms with E-state index >= 15 is 0 Å². The minimum atomic E-state index is -0.416. The molecule has 1 aromatic rings. The molecule has 5 nitrogen and oxygen atoms in total. The van der Waals surface area contributed by atoms with Crippen LogP contribution in [0.1, 0.15) is 37.9 Å². The lowest BCUT2D eigenvalue weighted by Crippen LogP contribution is -2.43. The van der Waals surface area contributed by atoms with Crippen molar-refractivity contribution in [2.45, 2.75) is 33.7 Å². The zero-order chi connectivity index (χ0) is 16.7. The first-order chi connectivity index (χ1) is 10.3. The molecule has 1 unspecified atom stereocenters. The van der Waals surface area contributed by atoms with Crippen molar-refractivity contribution in [3.05, 3.63) is 35.4 Å². The van der Waals surface area contributed by atoms with Gasteiger partial charge in [-0.2, -0.15) is 0 Å². The van der Waals surface area contributed by atoms with E-state index in [4.69, 9.17) is 5.73 Å². The van der Waals surface area contributed by atoms with Gasteiger partial charge in [-0.1, -0.05) is 38.1 Å². The van der Waals surface area contributed by atoms with Crippen LogP contribution >= 0.6 is 0 Å². The van der Waals surface area contributed by atoms with Gasteiger partial charge in [0.1, 0.15) is 0 Å². The van der Waals surface area contributed by atoms with Gasteiger partial charge in [-0.25, -0.2) is 0 Å². The molecule has 0 aliphatic rings. The number of carbonyl (C=O) groups excluding carboxylic acids is 2. The molecular weight excluding hydrogens is 278 g/mol. The van der Waals surface area contributed by atoms with Crippen LogP contribution < -0.4 is 11.1 Å². The third-order valence-electron chi connectivity index (χ3n) is 3.40.